The number of carbonyl (C=O) groups excluding carboxylic acids is 1. The van der Waals surface area contributed by atoms with Gasteiger partial charge in [0.2, 0.25) is 0 Å². The average Bonchev–Trinajstić information content (AvgIpc) is 0.746. The summed E-state index contributed by atoms with van der Waals surface area (Å²) in [6.07, 6.45) is 9.29. The number of carbonyl (C=O) groups is 1. The third kappa shape index (κ3) is 20.9. The molecule has 0 aliphatic heterocycles. The first-order chi connectivity index (χ1) is 55.6. The van der Waals surface area contributed by atoms with Crippen LogP contribution in [0.3, 0.4) is 0 Å². The van der Waals surface area contributed by atoms with Crippen molar-refractivity contribution in [2.45, 2.75) is 41.3 Å². The second kappa shape index (κ2) is 41.8. The van der Waals surface area contributed by atoms with Crippen LogP contribution in [0.1, 0.15) is 88.6 Å². The number of aldehydes is 1. The Balaban J connectivity index is 0.000000204. The van der Waals surface area contributed by atoms with Crippen molar-refractivity contribution < 1.29 is 36.0 Å². The lowest BCUT2D eigenvalue weighted by molar-refractivity contribution is -0.0000305. The van der Waals surface area contributed by atoms with Crippen LogP contribution in [0.5, 0.6) is 17.2 Å². The minimum atomic E-state index is -2.12. The summed E-state index contributed by atoms with van der Waals surface area (Å²) in [5.74, 6) is 2.52. The van der Waals surface area contributed by atoms with Crippen molar-refractivity contribution in [1.29, 1.82) is 15.8 Å². The Morgan fingerprint density at radius 2 is 0.652 bits per heavy atom. The number of ether oxygens (including phenoxy) is 3. The van der Waals surface area contributed by atoms with E-state index < -0.39 is 7.26 Å². The number of rotatable bonds is 25. The molecule has 0 unspecified atom stereocenters. The van der Waals surface area contributed by atoms with Crippen LogP contribution in [-0.4, -0.2) is 26.1 Å². The molecule has 0 aliphatic rings. The van der Waals surface area contributed by atoms with Crippen molar-refractivity contribution in [3.63, 3.8) is 0 Å². The predicted octanol–water partition coefficient (Wildman–Crippen LogP) is 22.4. The van der Waals surface area contributed by atoms with Crippen LogP contribution >= 0.6 is 7.26 Å². The first-order valence-corrected chi connectivity index (χ1v) is 39.3. The number of nitriles is 3. The molecule has 0 saturated carbocycles. The number of halogens is 1. The summed E-state index contributed by atoms with van der Waals surface area (Å²) in [6, 6.07) is 125. The Morgan fingerprint density at radius 1 is 0.357 bits per heavy atom. The summed E-state index contributed by atoms with van der Waals surface area (Å²) in [4.78, 5) is 21.3. The van der Waals surface area contributed by atoms with Crippen LogP contribution in [0.15, 0.2) is 352 Å². The molecule has 0 atom stereocenters. The number of nitrogens with zero attached hydrogens (tertiary/aromatic N) is 7. The van der Waals surface area contributed by atoms with E-state index >= 15 is 0 Å². The molecular formula is C102H87BrN7O4P. The molecule has 11 nitrogen and oxygen atoms in total. The third-order valence-corrected chi connectivity index (χ3v) is 23.2. The average molecular weight is 1590 g/mol. The van der Waals surface area contributed by atoms with Crippen LogP contribution in [-0.2, 0) is 6.16 Å². The minimum absolute atomic E-state index is 0. The van der Waals surface area contributed by atoms with Gasteiger partial charge in [0.25, 0.3) is 0 Å². The molecule has 0 saturated heterocycles. The zero-order chi connectivity index (χ0) is 78.6. The maximum atomic E-state index is 10.9. The van der Waals surface area contributed by atoms with Crippen LogP contribution in [0.2, 0.25) is 0 Å². The highest BCUT2D eigenvalue weighted by atomic mass is 79.9. The maximum Gasteiger partial charge on any atom is 0.194 e. The highest BCUT2D eigenvalue weighted by Gasteiger charge is 2.46. The lowest BCUT2D eigenvalue weighted by atomic mass is 10.0. The van der Waals surface area contributed by atoms with E-state index in [0.29, 0.717) is 65.1 Å². The van der Waals surface area contributed by atoms with E-state index in [1.807, 2.05) is 210 Å². The first kappa shape index (κ1) is 83.4. The third-order valence-electron chi connectivity index (χ3n) is 18.9. The van der Waals surface area contributed by atoms with E-state index in [1.165, 1.54) is 15.9 Å². The van der Waals surface area contributed by atoms with Crippen molar-refractivity contribution >= 4 is 111 Å². The molecule has 0 bridgehead atoms. The van der Waals surface area contributed by atoms with Gasteiger partial charge in [-0.3, -0.25) is 4.79 Å². The number of hydrogen-bond donors (Lipinski definition) is 0. The molecule has 14 aromatic rings. The normalized spacial score (nSPS) is 10.5. The number of benzene rings is 14. The second-order valence-electron chi connectivity index (χ2n) is 26.1. The van der Waals surface area contributed by atoms with Gasteiger partial charge in [-0.15, -0.1) is 0 Å². The van der Waals surface area contributed by atoms with E-state index in [4.69, 9.17) is 20.8 Å². The monoisotopic (exact) mass is 1580 g/mol. The van der Waals surface area contributed by atoms with Crippen LogP contribution < -0.4 is 61.8 Å². The number of anilines is 9. The van der Waals surface area contributed by atoms with Crippen molar-refractivity contribution in [1.82, 2.24) is 0 Å². The van der Waals surface area contributed by atoms with E-state index in [-0.39, 0.29) is 24.4 Å². The molecule has 0 aromatic heterocycles. The van der Waals surface area contributed by atoms with Crippen LogP contribution in [0.4, 0.5) is 56.9 Å². The largest absolute Gasteiger partial charge is 1.00 e. The number of hydrogen-bond acceptors (Lipinski definition) is 10. The molecule has 115 heavy (non-hydrogen) atoms. The van der Waals surface area contributed by atoms with Gasteiger partial charge in [-0.2, -0.15) is 15.8 Å². The molecule has 0 N–H and O–H groups in total. The highest BCUT2D eigenvalue weighted by Crippen LogP contribution is 2.58. The van der Waals surface area contributed by atoms with E-state index in [1.54, 1.807) is 12.1 Å². The van der Waals surface area contributed by atoms with E-state index in [9.17, 15) is 20.6 Å². The topological polar surface area (TPSA) is 130 Å². The molecule has 14 rings (SSSR count). The molecule has 14 aromatic carbocycles. The van der Waals surface area contributed by atoms with E-state index in [2.05, 4.69) is 220 Å². The van der Waals surface area contributed by atoms with Gasteiger partial charge in [0.15, 0.2) is 5.69 Å². The summed E-state index contributed by atoms with van der Waals surface area (Å²) in [7, 11) is -2.12. The van der Waals surface area contributed by atoms with Gasteiger partial charge in [-0.25, -0.2) is 4.85 Å². The van der Waals surface area contributed by atoms with Crippen molar-refractivity contribution in [3.8, 4) is 35.5 Å². The fourth-order valence-corrected chi connectivity index (χ4v) is 17.7. The van der Waals surface area contributed by atoms with Gasteiger partial charge in [-0.1, -0.05) is 165 Å². The van der Waals surface area contributed by atoms with Gasteiger partial charge in [0.05, 0.1) is 67.5 Å². The minimum Gasteiger partial charge on any atom is -1.00 e. The molecule has 0 amide bonds. The van der Waals surface area contributed by atoms with E-state index in [0.717, 1.165) is 97.0 Å². The molecule has 0 fully saturated rings. The molecule has 0 heterocycles. The fraction of sp³-hybridized carbons (Fsp3) is 0.0882. The number of para-hydroxylation sites is 3. The second-order valence-corrected chi connectivity index (χ2v) is 29.6. The smallest absolute Gasteiger partial charge is 0.194 e. The lowest BCUT2D eigenvalue weighted by Gasteiger charge is -2.28. The number of aryl methyl sites for hydroxylation is 1. The Morgan fingerprint density at radius 3 is 0.957 bits per heavy atom. The molecule has 566 valence electrons. The summed E-state index contributed by atoms with van der Waals surface area (Å²) in [5.41, 5.74) is 17.2. The summed E-state index contributed by atoms with van der Waals surface area (Å²) in [6.45, 7) is 17.7. The summed E-state index contributed by atoms with van der Waals surface area (Å²) in [5, 5.41) is 33.5. The van der Waals surface area contributed by atoms with Gasteiger partial charge in [-0.05, 0) is 274 Å². The zero-order valence-corrected chi connectivity index (χ0v) is 66.3. The molecule has 0 aliphatic carbocycles. The zero-order valence-electron chi connectivity index (χ0n) is 63.8. The molecule has 0 spiro atoms. The Labute approximate surface area is 688 Å². The van der Waals surface area contributed by atoms with Crippen molar-refractivity contribution in [2.75, 3.05) is 34.5 Å². The van der Waals surface area contributed by atoms with Crippen LogP contribution in [0.25, 0.3) is 29.1 Å². The van der Waals surface area contributed by atoms with Crippen molar-refractivity contribution in [3.05, 3.63) is 419 Å². The Bertz CT molecular complexity index is 5400. The van der Waals surface area contributed by atoms with Gasteiger partial charge >= 0.3 is 0 Å². The molecular weight excluding hydrogens is 1500 g/mol. The SMILES string of the molecule is C.CCOc1ccc(N(c2ccccc2)c2ccc(C=O)cc2)cc1.Cc1cc(C#N)c(C[P+](c2ccccc2)(c2ccccc2)c2ccccc2)cc1C#N.[Br-].[C-]#[N+]c1cc(/C=C/c2ccc(N(c3ccccc3)c3ccc(OCC)cc3)cc2)c(C#N)cc1/C=C/c1ccc(N(c2ccccc2)c2ccc(OCC)cc2)cc1. The molecule has 13 heteroatoms. The van der Waals surface area contributed by atoms with Gasteiger partial charge in [0, 0.05) is 62.3 Å². The first-order valence-electron chi connectivity index (χ1n) is 37.4. The summed E-state index contributed by atoms with van der Waals surface area (Å²) < 4.78 is 16.9. The van der Waals surface area contributed by atoms with Crippen molar-refractivity contribution in [2.24, 2.45) is 0 Å². The Kier molecular flexibility index (Phi) is 30.3. The van der Waals surface area contributed by atoms with Gasteiger partial charge < -0.3 is 45.9 Å². The quantitative estimate of drug-likeness (QED) is 0.0236. The Hall–Kier alpha value is -14.1. The predicted molar refractivity (Wildman–Crippen MR) is 474 cm³/mol. The highest BCUT2D eigenvalue weighted by molar-refractivity contribution is 7.95. The standard InChI is InChI=1S/C52H42N4O2.C28H22N2P.C21H19NO2.CH4.BrH/c1-4-57-50-32-28-48(29-33-50)55(44-12-8-6-9-13-44)46-24-18-39(19-25-46)16-22-41-37-52(54-3)42(36-43(41)38-53)23-17-40-20-26-47(27-21-40)56(45-14-10-7-11-15-45)49-30-34-51(35-31-49)58-5-2;1-22-17-24(20-30)25(18-23(22)19-29)21-31(26-11-5-2-6-12-26,27-13-7-3-8-14-27)28-15-9-4-10-16-28;1-2-24-21-14-12-20(13-15-21)22(18-6-4-3-5-7-18)19-10-8-17(16-23)9-11-19;;/h6-37H,4-5H2,1-2H3;2-18H,21H2,1H3;3-16H,2H2,1H3;1H4;1H/q;+1;;;/p-1/b22-16+,23-17+;;;;. The van der Waals surface area contributed by atoms with Gasteiger partial charge in [0.1, 0.15) is 46.7 Å². The van der Waals surface area contributed by atoms with Crippen LogP contribution in [0, 0.1) is 47.5 Å². The maximum absolute atomic E-state index is 10.9. The fourth-order valence-electron chi connectivity index (χ4n) is 13.4. The summed E-state index contributed by atoms with van der Waals surface area (Å²) >= 11 is 0. The lowest BCUT2D eigenvalue weighted by Crippen LogP contribution is -3.00. The molecule has 0 radical (unpaired) electrons.